The van der Waals surface area contributed by atoms with Gasteiger partial charge >= 0.3 is 0 Å². The summed E-state index contributed by atoms with van der Waals surface area (Å²) in [6.07, 6.45) is 7.06. The highest BCUT2D eigenvalue weighted by atomic mass is 16.1. The Morgan fingerprint density at radius 3 is 2.43 bits per heavy atom. The first-order valence-electron chi connectivity index (χ1n) is 8.23. The molecule has 1 aromatic carbocycles. The molecule has 2 atom stereocenters. The molecule has 0 radical (unpaired) electrons. The van der Waals surface area contributed by atoms with E-state index in [1.165, 1.54) is 24.8 Å². The topological polar surface area (TPSA) is 22.0 Å². The normalized spacial score (nSPS) is 22.9. The van der Waals surface area contributed by atoms with E-state index in [0.29, 0.717) is 17.9 Å². The van der Waals surface area contributed by atoms with Crippen LogP contribution in [0.5, 0.6) is 0 Å². The van der Waals surface area contributed by atoms with Gasteiger partial charge in [0.15, 0.2) is 0 Å². The van der Waals surface area contributed by atoms with Crippen LogP contribution in [0.4, 0.5) is 0 Å². The second-order valence-electron chi connectivity index (χ2n) is 6.83. The van der Waals surface area contributed by atoms with Crippen molar-refractivity contribution in [3.63, 3.8) is 0 Å². The number of fused-ring (bicyclic) bond motifs is 1. The SMILES string of the molecule is CC(C)c1cn([C@H]2CCCC[C@@H]2C)c(=O)c2ccccc12. The third-order valence-corrected chi connectivity index (χ3v) is 5.03. The van der Waals surface area contributed by atoms with Crippen molar-refractivity contribution in [2.24, 2.45) is 5.92 Å². The van der Waals surface area contributed by atoms with Gasteiger partial charge in [0.2, 0.25) is 0 Å². The van der Waals surface area contributed by atoms with Crippen molar-refractivity contribution < 1.29 is 0 Å². The van der Waals surface area contributed by atoms with Gasteiger partial charge in [-0.1, -0.05) is 51.8 Å². The number of benzene rings is 1. The van der Waals surface area contributed by atoms with E-state index in [1.807, 2.05) is 22.8 Å². The van der Waals surface area contributed by atoms with Gasteiger partial charge in [-0.05, 0) is 41.7 Å². The van der Waals surface area contributed by atoms with Crippen LogP contribution in [0, 0.1) is 5.92 Å². The van der Waals surface area contributed by atoms with Crippen LogP contribution in [0.15, 0.2) is 35.3 Å². The molecular formula is C19H25NO. The fourth-order valence-electron chi connectivity index (χ4n) is 3.75. The molecule has 0 unspecified atom stereocenters. The van der Waals surface area contributed by atoms with Gasteiger partial charge in [-0.15, -0.1) is 0 Å². The minimum absolute atomic E-state index is 0.189. The van der Waals surface area contributed by atoms with E-state index < -0.39 is 0 Å². The highest BCUT2D eigenvalue weighted by Crippen LogP contribution is 2.34. The van der Waals surface area contributed by atoms with E-state index in [-0.39, 0.29) is 5.56 Å². The summed E-state index contributed by atoms with van der Waals surface area (Å²) in [6.45, 7) is 6.71. The number of nitrogens with zero attached hydrogens (tertiary/aromatic N) is 1. The van der Waals surface area contributed by atoms with E-state index in [2.05, 4.69) is 33.0 Å². The molecule has 1 aliphatic rings. The first-order valence-corrected chi connectivity index (χ1v) is 8.23. The largest absolute Gasteiger partial charge is 0.311 e. The monoisotopic (exact) mass is 283 g/mol. The van der Waals surface area contributed by atoms with Gasteiger partial charge in [0, 0.05) is 17.6 Å². The highest BCUT2D eigenvalue weighted by molar-refractivity contribution is 5.85. The second kappa shape index (κ2) is 5.67. The number of rotatable bonds is 2. The average Bonchev–Trinajstić information content (AvgIpc) is 2.48. The van der Waals surface area contributed by atoms with Crippen molar-refractivity contribution in [2.75, 3.05) is 0 Å². The molecule has 1 heterocycles. The zero-order valence-corrected chi connectivity index (χ0v) is 13.3. The summed E-state index contributed by atoms with van der Waals surface area (Å²) < 4.78 is 2.04. The van der Waals surface area contributed by atoms with Crippen molar-refractivity contribution in [1.82, 2.24) is 4.57 Å². The summed E-state index contributed by atoms with van der Waals surface area (Å²) in [5.74, 6) is 1.03. The molecule has 0 amide bonds. The molecule has 1 fully saturated rings. The number of hydrogen-bond donors (Lipinski definition) is 0. The first-order chi connectivity index (χ1) is 10.1. The van der Waals surface area contributed by atoms with E-state index in [0.717, 1.165) is 17.2 Å². The minimum atomic E-state index is 0.189. The Hall–Kier alpha value is -1.57. The van der Waals surface area contributed by atoms with Gasteiger partial charge in [-0.3, -0.25) is 4.79 Å². The summed E-state index contributed by atoms with van der Waals surface area (Å²) in [4.78, 5) is 12.9. The van der Waals surface area contributed by atoms with E-state index in [1.54, 1.807) is 0 Å². The molecular weight excluding hydrogens is 258 g/mol. The molecule has 2 heteroatoms. The Morgan fingerprint density at radius 2 is 1.76 bits per heavy atom. The number of pyridine rings is 1. The van der Waals surface area contributed by atoms with Gasteiger partial charge in [-0.25, -0.2) is 0 Å². The second-order valence-corrected chi connectivity index (χ2v) is 6.83. The Balaban J connectivity index is 2.23. The Morgan fingerprint density at radius 1 is 1.10 bits per heavy atom. The predicted octanol–water partition coefficient (Wildman–Crippen LogP) is 4.88. The van der Waals surface area contributed by atoms with Crippen LogP contribution in [0.2, 0.25) is 0 Å². The molecule has 2 nitrogen and oxygen atoms in total. The molecule has 3 rings (SSSR count). The van der Waals surface area contributed by atoms with Gasteiger partial charge in [0.1, 0.15) is 0 Å². The third-order valence-electron chi connectivity index (χ3n) is 5.03. The van der Waals surface area contributed by atoms with E-state index >= 15 is 0 Å². The molecule has 0 spiro atoms. The molecule has 112 valence electrons. The molecule has 1 aromatic heterocycles. The molecule has 0 saturated heterocycles. The Labute approximate surface area is 126 Å². The average molecular weight is 283 g/mol. The number of hydrogen-bond acceptors (Lipinski definition) is 1. The summed E-state index contributed by atoms with van der Waals surface area (Å²) in [6, 6.07) is 8.44. The summed E-state index contributed by atoms with van der Waals surface area (Å²) in [5, 5.41) is 2.00. The van der Waals surface area contributed by atoms with Gasteiger partial charge in [0.25, 0.3) is 5.56 Å². The van der Waals surface area contributed by atoms with Crippen molar-refractivity contribution in [1.29, 1.82) is 0 Å². The first kappa shape index (κ1) is 14.4. The third kappa shape index (κ3) is 2.52. The van der Waals surface area contributed by atoms with Gasteiger partial charge in [0.05, 0.1) is 0 Å². The lowest BCUT2D eigenvalue weighted by atomic mass is 9.85. The molecule has 1 aliphatic carbocycles. The van der Waals surface area contributed by atoms with Gasteiger partial charge in [-0.2, -0.15) is 0 Å². The fourth-order valence-corrected chi connectivity index (χ4v) is 3.75. The van der Waals surface area contributed by atoms with E-state index in [4.69, 9.17) is 0 Å². The van der Waals surface area contributed by atoms with Crippen LogP contribution >= 0.6 is 0 Å². The molecule has 1 saturated carbocycles. The maximum absolute atomic E-state index is 12.9. The van der Waals surface area contributed by atoms with Crippen molar-refractivity contribution in [3.05, 3.63) is 46.4 Å². The van der Waals surface area contributed by atoms with Crippen LogP contribution in [0.3, 0.4) is 0 Å². The predicted molar refractivity (Wildman–Crippen MR) is 89.0 cm³/mol. The smallest absolute Gasteiger partial charge is 0.258 e. The fraction of sp³-hybridized carbons (Fsp3) is 0.526. The maximum atomic E-state index is 12.9. The van der Waals surface area contributed by atoms with Crippen LogP contribution in [-0.2, 0) is 0 Å². The molecule has 0 aliphatic heterocycles. The van der Waals surface area contributed by atoms with Crippen LogP contribution < -0.4 is 5.56 Å². The molecule has 0 bridgehead atoms. The highest BCUT2D eigenvalue weighted by Gasteiger charge is 2.25. The maximum Gasteiger partial charge on any atom is 0.258 e. The lowest BCUT2D eigenvalue weighted by Crippen LogP contribution is -2.31. The molecule has 2 aromatic rings. The zero-order valence-electron chi connectivity index (χ0n) is 13.3. The molecule has 21 heavy (non-hydrogen) atoms. The van der Waals surface area contributed by atoms with Crippen LogP contribution in [0.25, 0.3) is 10.8 Å². The summed E-state index contributed by atoms with van der Waals surface area (Å²) in [5.41, 5.74) is 1.48. The van der Waals surface area contributed by atoms with Gasteiger partial charge < -0.3 is 4.57 Å². The lowest BCUT2D eigenvalue weighted by Gasteiger charge is -2.31. The Kier molecular flexibility index (Phi) is 3.88. The van der Waals surface area contributed by atoms with Crippen molar-refractivity contribution >= 4 is 10.8 Å². The van der Waals surface area contributed by atoms with Crippen molar-refractivity contribution in [2.45, 2.75) is 58.4 Å². The summed E-state index contributed by atoms with van der Waals surface area (Å²) >= 11 is 0. The van der Waals surface area contributed by atoms with Crippen LogP contribution in [0.1, 0.15) is 64.0 Å². The summed E-state index contributed by atoms with van der Waals surface area (Å²) in [7, 11) is 0. The van der Waals surface area contributed by atoms with E-state index in [9.17, 15) is 4.79 Å². The molecule has 0 N–H and O–H groups in total. The van der Waals surface area contributed by atoms with Crippen LogP contribution in [-0.4, -0.2) is 4.57 Å². The quantitative estimate of drug-likeness (QED) is 0.770. The number of aromatic nitrogens is 1. The van der Waals surface area contributed by atoms with Crippen molar-refractivity contribution in [3.8, 4) is 0 Å². The zero-order chi connectivity index (χ0) is 15.0. The lowest BCUT2D eigenvalue weighted by molar-refractivity contribution is 0.252. The Bertz CT molecular complexity index is 698. The standard InChI is InChI=1S/C19H25NO/c1-13(2)17-12-20(18-11-7-4-8-14(18)3)19(21)16-10-6-5-9-15(16)17/h5-6,9-10,12-14,18H,4,7-8,11H2,1-3H3/t14-,18-/m0/s1. The minimum Gasteiger partial charge on any atom is -0.311 e.